The van der Waals surface area contributed by atoms with Gasteiger partial charge in [0.2, 0.25) is 5.91 Å². The first-order valence-electron chi connectivity index (χ1n) is 9.54. The molecule has 0 radical (unpaired) electrons. The summed E-state index contributed by atoms with van der Waals surface area (Å²) >= 11 is 0. The van der Waals surface area contributed by atoms with Gasteiger partial charge in [0, 0.05) is 32.3 Å². The van der Waals surface area contributed by atoms with Gasteiger partial charge in [0.25, 0.3) is 0 Å². The quantitative estimate of drug-likeness (QED) is 0.803. The number of hydrogen-bond acceptors (Lipinski definition) is 3. The largest absolute Gasteiger partial charge is 0.378 e. The Kier molecular flexibility index (Phi) is 5.59. The zero-order valence-corrected chi connectivity index (χ0v) is 15.2. The molecule has 0 spiro atoms. The van der Waals surface area contributed by atoms with E-state index in [4.69, 9.17) is 4.74 Å². The van der Waals surface area contributed by atoms with E-state index in [0.717, 1.165) is 64.6 Å². The summed E-state index contributed by atoms with van der Waals surface area (Å²) in [5.74, 6) is 0.291. The van der Waals surface area contributed by atoms with Crippen molar-refractivity contribution in [2.75, 3.05) is 19.7 Å². The molecule has 2 aliphatic rings. The molecule has 0 N–H and O–H groups in total. The highest BCUT2D eigenvalue weighted by molar-refractivity contribution is 5.76. The third-order valence-corrected chi connectivity index (χ3v) is 5.63. The van der Waals surface area contributed by atoms with Crippen LogP contribution in [-0.2, 0) is 21.5 Å². The topological polar surface area (TPSA) is 47.4 Å². The first-order chi connectivity index (χ1) is 11.6. The number of rotatable bonds is 6. The van der Waals surface area contributed by atoms with Crippen molar-refractivity contribution in [3.05, 3.63) is 18.0 Å². The van der Waals surface area contributed by atoms with E-state index >= 15 is 0 Å². The molecule has 134 valence electrons. The van der Waals surface area contributed by atoms with E-state index in [1.165, 1.54) is 5.56 Å². The molecule has 1 aromatic rings. The second-order valence-corrected chi connectivity index (χ2v) is 7.59. The van der Waals surface area contributed by atoms with Gasteiger partial charge in [0.15, 0.2) is 0 Å². The lowest BCUT2D eigenvalue weighted by Gasteiger charge is -2.39. The van der Waals surface area contributed by atoms with Crippen molar-refractivity contribution in [2.24, 2.45) is 0 Å². The Morgan fingerprint density at radius 2 is 2.21 bits per heavy atom. The number of amides is 1. The highest BCUT2D eigenvalue weighted by Crippen LogP contribution is 2.30. The van der Waals surface area contributed by atoms with Crippen molar-refractivity contribution in [2.45, 2.75) is 76.9 Å². The fourth-order valence-corrected chi connectivity index (χ4v) is 3.85. The average Bonchev–Trinajstić information content (AvgIpc) is 3.25. The Bertz CT molecular complexity index is 541. The summed E-state index contributed by atoms with van der Waals surface area (Å²) in [5, 5.41) is 4.59. The molecule has 0 bridgehead atoms. The second kappa shape index (κ2) is 7.68. The summed E-state index contributed by atoms with van der Waals surface area (Å²) in [6, 6.07) is 0. The fourth-order valence-electron chi connectivity index (χ4n) is 3.85. The van der Waals surface area contributed by atoms with Crippen LogP contribution < -0.4 is 0 Å². The second-order valence-electron chi connectivity index (χ2n) is 7.59. The van der Waals surface area contributed by atoms with Crippen LogP contribution in [0.15, 0.2) is 12.4 Å². The number of carbonyl (C=O) groups excluding carboxylic acids is 1. The van der Waals surface area contributed by atoms with Crippen molar-refractivity contribution < 1.29 is 9.53 Å². The third kappa shape index (κ3) is 4.00. The molecule has 5 nitrogen and oxygen atoms in total. The average molecular weight is 333 g/mol. The molecule has 0 aromatic carbocycles. The Morgan fingerprint density at radius 1 is 1.42 bits per heavy atom. The lowest BCUT2D eigenvalue weighted by atomic mass is 9.89. The smallest absolute Gasteiger partial charge is 0.222 e. The number of likely N-dealkylation sites (tertiary alicyclic amines) is 1. The first kappa shape index (κ1) is 17.5. The van der Waals surface area contributed by atoms with Gasteiger partial charge in [0.05, 0.1) is 17.8 Å². The van der Waals surface area contributed by atoms with Gasteiger partial charge in [-0.15, -0.1) is 0 Å². The maximum absolute atomic E-state index is 12.4. The summed E-state index contributed by atoms with van der Waals surface area (Å²) in [6.45, 7) is 7.00. The first-order valence-corrected chi connectivity index (χ1v) is 9.54. The number of hydrogen-bond donors (Lipinski definition) is 0. The maximum atomic E-state index is 12.4. The number of carbonyl (C=O) groups is 1. The highest BCUT2D eigenvalue weighted by Gasteiger charge is 2.34. The minimum Gasteiger partial charge on any atom is -0.378 e. The number of ether oxygens (including phenoxy) is 1. The summed E-state index contributed by atoms with van der Waals surface area (Å²) in [4.78, 5) is 14.5. The number of aryl methyl sites for hydroxylation is 1. The molecule has 3 heterocycles. The minimum absolute atomic E-state index is 0.0390. The van der Waals surface area contributed by atoms with Crippen LogP contribution in [0.25, 0.3) is 0 Å². The molecular formula is C19H31N3O2. The van der Waals surface area contributed by atoms with E-state index < -0.39 is 0 Å². The number of nitrogens with zero attached hydrogens (tertiary/aromatic N) is 3. The van der Waals surface area contributed by atoms with E-state index in [0.29, 0.717) is 18.4 Å². The van der Waals surface area contributed by atoms with Crippen LogP contribution >= 0.6 is 0 Å². The summed E-state index contributed by atoms with van der Waals surface area (Å²) in [5.41, 5.74) is 1.35. The van der Waals surface area contributed by atoms with Crippen molar-refractivity contribution in [1.82, 2.24) is 14.7 Å². The molecule has 3 rings (SSSR count). The Balaban J connectivity index is 1.49. The van der Waals surface area contributed by atoms with Gasteiger partial charge >= 0.3 is 0 Å². The van der Waals surface area contributed by atoms with Crippen molar-refractivity contribution >= 4 is 5.91 Å². The van der Waals surface area contributed by atoms with Gasteiger partial charge in [-0.2, -0.15) is 5.10 Å². The van der Waals surface area contributed by atoms with Crippen LogP contribution in [-0.4, -0.2) is 46.4 Å². The van der Waals surface area contributed by atoms with E-state index in [2.05, 4.69) is 29.8 Å². The molecule has 5 heteroatoms. The van der Waals surface area contributed by atoms with E-state index in [9.17, 15) is 4.79 Å². The lowest BCUT2D eigenvalue weighted by molar-refractivity contribution is -0.133. The Labute approximate surface area is 145 Å². The van der Waals surface area contributed by atoms with Crippen LogP contribution in [0, 0.1) is 0 Å². The number of aromatic nitrogens is 2. The van der Waals surface area contributed by atoms with Gasteiger partial charge in [-0.3, -0.25) is 9.48 Å². The standard InChI is InChI=1S/C19H31N3O2/c1-3-5-16-14-20-22(15-16)19(2)9-11-21(12-10-19)18(23)8-7-17-6-4-13-24-17/h14-15,17H,3-13H2,1-2H3. The number of piperidine rings is 1. The van der Waals surface area contributed by atoms with Crippen LogP contribution in [0.1, 0.15) is 64.4 Å². The van der Waals surface area contributed by atoms with Crippen LogP contribution in [0.5, 0.6) is 0 Å². The van der Waals surface area contributed by atoms with Crippen LogP contribution in [0.4, 0.5) is 0 Å². The van der Waals surface area contributed by atoms with Crippen molar-refractivity contribution in [3.8, 4) is 0 Å². The molecular weight excluding hydrogens is 302 g/mol. The molecule has 1 unspecified atom stereocenters. The molecule has 24 heavy (non-hydrogen) atoms. The molecule has 2 saturated heterocycles. The summed E-state index contributed by atoms with van der Waals surface area (Å²) in [6.07, 6.45) is 12.5. The van der Waals surface area contributed by atoms with Gasteiger partial charge < -0.3 is 9.64 Å². The van der Waals surface area contributed by atoms with Crippen LogP contribution in [0.3, 0.4) is 0 Å². The van der Waals surface area contributed by atoms with Gasteiger partial charge in [0.1, 0.15) is 0 Å². The SMILES string of the molecule is CCCc1cnn(C2(C)CCN(C(=O)CCC3CCCO3)CC2)c1. The molecule has 1 aromatic heterocycles. The highest BCUT2D eigenvalue weighted by atomic mass is 16.5. The minimum atomic E-state index is 0.0390. The molecule has 2 fully saturated rings. The van der Waals surface area contributed by atoms with Gasteiger partial charge in [-0.25, -0.2) is 0 Å². The van der Waals surface area contributed by atoms with E-state index in [-0.39, 0.29) is 5.54 Å². The lowest BCUT2D eigenvalue weighted by Crippen LogP contribution is -2.46. The molecule has 0 saturated carbocycles. The monoisotopic (exact) mass is 333 g/mol. The van der Waals surface area contributed by atoms with Crippen molar-refractivity contribution in [1.29, 1.82) is 0 Å². The van der Waals surface area contributed by atoms with Gasteiger partial charge in [-0.05, 0) is 51.0 Å². The Hall–Kier alpha value is -1.36. The Morgan fingerprint density at radius 3 is 2.88 bits per heavy atom. The summed E-state index contributed by atoms with van der Waals surface area (Å²) in [7, 11) is 0. The van der Waals surface area contributed by atoms with Gasteiger partial charge in [-0.1, -0.05) is 13.3 Å². The molecule has 1 amide bonds. The third-order valence-electron chi connectivity index (χ3n) is 5.63. The normalized spacial score (nSPS) is 23.6. The molecule has 2 aliphatic heterocycles. The summed E-state index contributed by atoms with van der Waals surface area (Å²) < 4.78 is 7.75. The predicted octanol–water partition coefficient (Wildman–Crippen LogP) is 3.13. The van der Waals surface area contributed by atoms with Crippen LogP contribution in [0.2, 0.25) is 0 Å². The fraction of sp³-hybridized carbons (Fsp3) is 0.789. The molecule has 0 aliphatic carbocycles. The van der Waals surface area contributed by atoms with E-state index in [1.807, 2.05) is 11.1 Å². The molecule has 1 atom stereocenters. The van der Waals surface area contributed by atoms with Crippen molar-refractivity contribution in [3.63, 3.8) is 0 Å². The maximum Gasteiger partial charge on any atom is 0.222 e. The van der Waals surface area contributed by atoms with E-state index in [1.54, 1.807) is 0 Å². The predicted molar refractivity (Wildman–Crippen MR) is 93.9 cm³/mol. The zero-order valence-electron chi connectivity index (χ0n) is 15.2. The zero-order chi connectivity index (χ0) is 17.0.